The standard InChI is InChI=1S/C14H10F3N5/c15-14(16,17)12-7-8-22(21-12)13-6-5-11(19-20-13)9-3-1-2-4-10(9)18/h1-8H,18H2. The van der Waals surface area contributed by atoms with Crippen LogP contribution in [-0.2, 0) is 6.18 Å². The Kier molecular flexibility index (Phi) is 3.28. The first-order valence-corrected chi connectivity index (χ1v) is 6.27. The molecular formula is C14H10F3N5. The number of rotatable bonds is 2. The molecule has 0 aliphatic carbocycles. The lowest BCUT2D eigenvalue weighted by molar-refractivity contribution is -0.141. The molecule has 0 aliphatic rings. The predicted octanol–water partition coefficient (Wildman–Crippen LogP) is 2.93. The minimum absolute atomic E-state index is 0.189. The SMILES string of the molecule is Nc1ccccc1-c1ccc(-n2ccc(C(F)(F)F)n2)nn1. The maximum atomic E-state index is 12.5. The molecule has 5 nitrogen and oxygen atoms in total. The van der Waals surface area contributed by atoms with Crippen LogP contribution in [0, 0.1) is 0 Å². The van der Waals surface area contributed by atoms with Crippen LogP contribution in [0.4, 0.5) is 18.9 Å². The van der Waals surface area contributed by atoms with Gasteiger partial charge in [0.25, 0.3) is 0 Å². The summed E-state index contributed by atoms with van der Waals surface area (Å²) in [5.41, 5.74) is 6.65. The first-order chi connectivity index (χ1) is 10.4. The third kappa shape index (κ3) is 2.62. The number of hydrogen-bond acceptors (Lipinski definition) is 4. The second-order valence-corrected chi connectivity index (χ2v) is 4.51. The van der Waals surface area contributed by atoms with Gasteiger partial charge in [0, 0.05) is 17.4 Å². The summed E-state index contributed by atoms with van der Waals surface area (Å²) in [6.07, 6.45) is -3.31. The molecule has 0 fully saturated rings. The normalized spacial score (nSPS) is 11.6. The Balaban J connectivity index is 1.92. The number of benzene rings is 1. The number of nitrogens with two attached hydrogens (primary N) is 1. The Morgan fingerprint density at radius 1 is 0.955 bits per heavy atom. The Hall–Kier alpha value is -2.90. The third-order valence-electron chi connectivity index (χ3n) is 3.00. The number of hydrogen-bond donors (Lipinski definition) is 1. The van der Waals surface area contributed by atoms with E-state index in [2.05, 4.69) is 15.3 Å². The molecule has 0 unspecified atom stereocenters. The quantitative estimate of drug-likeness (QED) is 0.739. The largest absolute Gasteiger partial charge is 0.435 e. The van der Waals surface area contributed by atoms with Crippen LogP contribution >= 0.6 is 0 Å². The molecule has 0 bridgehead atoms. The highest BCUT2D eigenvalue weighted by molar-refractivity contribution is 5.73. The van der Waals surface area contributed by atoms with Gasteiger partial charge >= 0.3 is 6.18 Å². The summed E-state index contributed by atoms with van der Waals surface area (Å²) in [4.78, 5) is 0. The van der Waals surface area contributed by atoms with Crippen LogP contribution < -0.4 is 5.73 Å². The zero-order chi connectivity index (χ0) is 15.7. The Morgan fingerprint density at radius 2 is 1.73 bits per heavy atom. The molecule has 2 aromatic heterocycles. The summed E-state index contributed by atoms with van der Waals surface area (Å²) in [7, 11) is 0. The van der Waals surface area contributed by atoms with E-state index in [4.69, 9.17) is 5.73 Å². The molecule has 0 aliphatic heterocycles. The topological polar surface area (TPSA) is 69.6 Å². The van der Waals surface area contributed by atoms with E-state index in [0.717, 1.165) is 10.7 Å². The first-order valence-electron chi connectivity index (χ1n) is 6.27. The van der Waals surface area contributed by atoms with E-state index in [1.165, 1.54) is 12.3 Å². The molecule has 0 saturated heterocycles. The molecule has 3 rings (SSSR count). The van der Waals surface area contributed by atoms with Crippen molar-refractivity contribution < 1.29 is 13.2 Å². The maximum Gasteiger partial charge on any atom is 0.435 e. The van der Waals surface area contributed by atoms with Crippen LogP contribution in [0.2, 0.25) is 0 Å². The first kappa shape index (κ1) is 14.1. The molecular weight excluding hydrogens is 295 g/mol. The van der Waals surface area contributed by atoms with Crippen LogP contribution in [0.15, 0.2) is 48.7 Å². The molecule has 3 aromatic rings. The molecule has 2 heterocycles. The average molecular weight is 305 g/mol. The van der Waals surface area contributed by atoms with Crippen molar-refractivity contribution in [2.24, 2.45) is 0 Å². The zero-order valence-electron chi connectivity index (χ0n) is 11.1. The van der Waals surface area contributed by atoms with Gasteiger partial charge in [-0.3, -0.25) is 0 Å². The lowest BCUT2D eigenvalue weighted by atomic mass is 10.1. The van der Waals surface area contributed by atoms with Gasteiger partial charge < -0.3 is 5.73 Å². The van der Waals surface area contributed by atoms with Crippen molar-refractivity contribution in [3.05, 3.63) is 54.4 Å². The van der Waals surface area contributed by atoms with Crippen molar-refractivity contribution in [3.8, 4) is 17.1 Å². The summed E-state index contributed by atoms with van der Waals surface area (Å²) in [5.74, 6) is 0.189. The molecule has 0 spiro atoms. The van der Waals surface area contributed by atoms with Gasteiger partial charge in [-0.25, -0.2) is 4.68 Å². The van der Waals surface area contributed by atoms with Gasteiger partial charge in [0.2, 0.25) is 0 Å². The lowest BCUT2D eigenvalue weighted by Gasteiger charge is -2.05. The molecule has 112 valence electrons. The van der Waals surface area contributed by atoms with Gasteiger partial charge in [-0.05, 0) is 24.3 Å². The fraction of sp³-hybridized carbons (Fsp3) is 0.0714. The highest BCUT2D eigenvalue weighted by Gasteiger charge is 2.33. The molecule has 22 heavy (non-hydrogen) atoms. The van der Waals surface area contributed by atoms with E-state index < -0.39 is 11.9 Å². The van der Waals surface area contributed by atoms with E-state index >= 15 is 0 Å². The average Bonchev–Trinajstić information content (AvgIpc) is 2.98. The molecule has 1 aromatic carbocycles. The van der Waals surface area contributed by atoms with Gasteiger partial charge in [0.15, 0.2) is 11.5 Å². The van der Waals surface area contributed by atoms with E-state index in [1.54, 1.807) is 24.3 Å². The van der Waals surface area contributed by atoms with Crippen molar-refractivity contribution in [2.45, 2.75) is 6.18 Å². The maximum absolute atomic E-state index is 12.5. The Labute approximate surface area is 123 Å². The van der Waals surface area contributed by atoms with Crippen LogP contribution in [0.3, 0.4) is 0 Å². The number of anilines is 1. The number of aromatic nitrogens is 4. The second kappa shape index (κ2) is 5.14. The minimum Gasteiger partial charge on any atom is -0.398 e. The molecule has 8 heteroatoms. The van der Waals surface area contributed by atoms with Crippen LogP contribution in [0.25, 0.3) is 17.1 Å². The van der Waals surface area contributed by atoms with Crippen molar-refractivity contribution in [3.63, 3.8) is 0 Å². The zero-order valence-corrected chi connectivity index (χ0v) is 11.1. The summed E-state index contributed by atoms with van der Waals surface area (Å²) in [6.45, 7) is 0. The van der Waals surface area contributed by atoms with Crippen LogP contribution in [0.1, 0.15) is 5.69 Å². The number of nitrogens with zero attached hydrogens (tertiary/aromatic N) is 4. The Morgan fingerprint density at radius 3 is 2.32 bits per heavy atom. The summed E-state index contributed by atoms with van der Waals surface area (Å²) in [5, 5.41) is 11.3. The fourth-order valence-electron chi connectivity index (χ4n) is 1.92. The van der Waals surface area contributed by atoms with Crippen LogP contribution in [0.5, 0.6) is 0 Å². The molecule has 0 amide bonds. The highest BCUT2D eigenvalue weighted by Crippen LogP contribution is 2.28. The molecule has 0 saturated carbocycles. The minimum atomic E-state index is -4.49. The predicted molar refractivity (Wildman–Crippen MR) is 74.0 cm³/mol. The van der Waals surface area contributed by atoms with Crippen molar-refractivity contribution in [2.75, 3.05) is 5.73 Å². The lowest BCUT2D eigenvalue weighted by Crippen LogP contribution is -2.08. The second-order valence-electron chi connectivity index (χ2n) is 4.51. The number of alkyl halides is 3. The third-order valence-corrected chi connectivity index (χ3v) is 3.00. The highest BCUT2D eigenvalue weighted by atomic mass is 19.4. The van der Waals surface area contributed by atoms with Gasteiger partial charge in [0.05, 0.1) is 5.69 Å². The smallest absolute Gasteiger partial charge is 0.398 e. The van der Waals surface area contributed by atoms with E-state index in [-0.39, 0.29) is 5.82 Å². The van der Waals surface area contributed by atoms with Gasteiger partial charge in [-0.2, -0.15) is 18.3 Å². The fourth-order valence-corrected chi connectivity index (χ4v) is 1.92. The molecule has 0 atom stereocenters. The van der Waals surface area contributed by atoms with Crippen molar-refractivity contribution >= 4 is 5.69 Å². The van der Waals surface area contributed by atoms with E-state index in [1.807, 2.05) is 6.07 Å². The van der Waals surface area contributed by atoms with Gasteiger partial charge in [-0.15, -0.1) is 10.2 Å². The van der Waals surface area contributed by atoms with Gasteiger partial charge in [0.1, 0.15) is 0 Å². The monoisotopic (exact) mass is 305 g/mol. The number of para-hydroxylation sites is 1. The molecule has 0 radical (unpaired) electrons. The van der Waals surface area contributed by atoms with Crippen molar-refractivity contribution in [1.82, 2.24) is 20.0 Å². The molecule has 2 N–H and O–H groups in total. The van der Waals surface area contributed by atoms with Crippen molar-refractivity contribution in [1.29, 1.82) is 0 Å². The number of nitrogen functional groups attached to an aromatic ring is 1. The van der Waals surface area contributed by atoms with Crippen LogP contribution in [-0.4, -0.2) is 20.0 Å². The summed E-state index contributed by atoms with van der Waals surface area (Å²) < 4.78 is 38.6. The number of halogens is 3. The summed E-state index contributed by atoms with van der Waals surface area (Å²) in [6, 6.07) is 11.2. The summed E-state index contributed by atoms with van der Waals surface area (Å²) >= 11 is 0. The van der Waals surface area contributed by atoms with E-state index in [0.29, 0.717) is 16.9 Å². The van der Waals surface area contributed by atoms with Gasteiger partial charge in [-0.1, -0.05) is 18.2 Å². The van der Waals surface area contributed by atoms with E-state index in [9.17, 15) is 13.2 Å². The Bertz CT molecular complexity index is 793.